The number of anilines is 2. The highest BCUT2D eigenvalue weighted by atomic mass is 35.5. The largest absolute Gasteiger partial charge is 0.331 e. The number of nitrogens with zero attached hydrogens (tertiary/aromatic N) is 1. The van der Waals surface area contributed by atoms with Crippen LogP contribution in [0.3, 0.4) is 0 Å². The highest BCUT2D eigenvalue weighted by Gasteiger charge is 2.06. The summed E-state index contributed by atoms with van der Waals surface area (Å²) in [5, 5.41) is 5.00. The van der Waals surface area contributed by atoms with Crippen LogP contribution in [0.25, 0.3) is 10.2 Å². The molecule has 3 aromatic rings. The first kappa shape index (κ1) is 12.5. The molecule has 0 saturated carbocycles. The molecule has 0 saturated heterocycles. The number of hydrogen-bond donors (Lipinski definition) is 1. The molecule has 0 aliphatic carbocycles. The van der Waals surface area contributed by atoms with Gasteiger partial charge in [-0.2, -0.15) is 0 Å². The number of aromatic nitrogens is 1. The second-order valence-corrected chi connectivity index (χ2v) is 6.04. The highest BCUT2D eigenvalue weighted by Crippen LogP contribution is 2.31. The molecule has 96 valence electrons. The fourth-order valence-electron chi connectivity index (χ4n) is 1.94. The van der Waals surface area contributed by atoms with Gasteiger partial charge in [-0.05, 0) is 49.2 Å². The summed E-state index contributed by atoms with van der Waals surface area (Å²) in [6.45, 7) is 4.18. The molecule has 0 bridgehead atoms. The molecule has 0 atom stereocenters. The quantitative estimate of drug-likeness (QED) is 0.691. The third-order valence-corrected chi connectivity index (χ3v) is 4.17. The van der Waals surface area contributed by atoms with E-state index in [4.69, 9.17) is 11.6 Å². The van der Waals surface area contributed by atoms with Gasteiger partial charge in [0.15, 0.2) is 5.13 Å². The lowest BCUT2D eigenvalue weighted by Gasteiger charge is -2.07. The number of aryl methyl sites for hydroxylation is 2. The summed E-state index contributed by atoms with van der Waals surface area (Å²) in [6.07, 6.45) is 0. The second-order valence-electron chi connectivity index (χ2n) is 4.57. The number of halogens is 1. The van der Waals surface area contributed by atoms with Crippen LogP contribution in [0.2, 0.25) is 5.02 Å². The predicted octanol–water partition coefficient (Wildman–Crippen LogP) is 5.31. The van der Waals surface area contributed by atoms with Crippen LogP contribution in [0.4, 0.5) is 10.8 Å². The maximum Gasteiger partial charge on any atom is 0.188 e. The van der Waals surface area contributed by atoms with Crippen LogP contribution < -0.4 is 5.32 Å². The zero-order valence-electron chi connectivity index (χ0n) is 10.7. The summed E-state index contributed by atoms with van der Waals surface area (Å²) >= 11 is 7.61. The first-order chi connectivity index (χ1) is 9.11. The van der Waals surface area contributed by atoms with Gasteiger partial charge in [-0.15, -0.1) is 0 Å². The van der Waals surface area contributed by atoms with E-state index in [1.165, 1.54) is 11.1 Å². The Balaban J connectivity index is 1.98. The number of rotatable bonds is 2. The van der Waals surface area contributed by atoms with Crippen molar-refractivity contribution in [3.63, 3.8) is 0 Å². The van der Waals surface area contributed by atoms with Crippen molar-refractivity contribution in [2.24, 2.45) is 0 Å². The third-order valence-electron chi connectivity index (χ3n) is 2.98. The molecule has 1 N–H and O–H groups in total. The van der Waals surface area contributed by atoms with E-state index in [-0.39, 0.29) is 0 Å². The van der Waals surface area contributed by atoms with Crippen molar-refractivity contribution in [3.8, 4) is 0 Å². The van der Waals surface area contributed by atoms with E-state index in [0.717, 1.165) is 26.1 Å². The summed E-state index contributed by atoms with van der Waals surface area (Å²) in [4.78, 5) is 4.56. The Labute approximate surface area is 121 Å². The van der Waals surface area contributed by atoms with Crippen molar-refractivity contribution >= 4 is 44.0 Å². The van der Waals surface area contributed by atoms with Gasteiger partial charge < -0.3 is 5.32 Å². The molecule has 1 heterocycles. The molecule has 4 heteroatoms. The molecule has 2 aromatic carbocycles. The van der Waals surface area contributed by atoms with Crippen LogP contribution in [-0.2, 0) is 0 Å². The van der Waals surface area contributed by atoms with Crippen molar-refractivity contribution in [2.45, 2.75) is 13.8 Å². The molecule has 2 nitrogen and oxygen atoms in total. The highest BCUT2D eigenvalue weighted by molar-refractivity contribution is 7.22. The normalized spacial score (nSPS) is 10.9. The Morgan fingerprint density at radius 1 is 1.11 bits per heavy atom. The van der Waals surface area contributed by atoms with Crippen LogP contribution in [0, 0.1) is 13.8 Å². The number of nitrogens with one attached hydrogen (secondary N) is 1. The zero-order valence-corrected chi connectivity index (χ0v) is 12.3. The van der Waals surface area contributed by atoms with Gasteiger partial charge in [0.25, 0.3) is 0 Å². The molecular formula is C15H13ClN2S. The van der Waals surface area contributed by atoms with Gasteiger partial charge in [0.1, 0.15) is 0 Å². The Hall–Kier alpha value is -1.58. The van der Waals surface area contributed by atoms with E-state index < -0.39 is 0 Å². The van der Waals surface area contributed by atoms with E-state index >= 15 is 0 Å². The zero-order chi connectivity index (χ0) is 13.4. The summed E-state index contributed by atoms with van der Waals surface area (Å²) in [5.74, 6) is 0. The summed E-state index contributed by atoms with van der Waals surface area (Å²) < 4.78 is 1.14. The third kappa shape index (κ3) is 2.57. The first-order valence-electron chi connectivity index (χ1n) is 6.02. The lowest BCUT2D eigenvalue weighted by molar-refractivity contribution is 1.36. The van der Waals surface area contributed by atoms with E-state index in [0.29, 0.717) is 0 Å². The molecule has 0 aliphatic heterocycles. The Kier molecular flexibility index (Phi) is 3.17. The molecule has 0 aliphatic rings. The fourth-order valence-corrected chi connectivity index (χ4v) is 2.96. The first-order valence-corrected chi connectivity index (χ1v) is 7.21. The molecular weight excluding hydrogens is 276 g/mol. The number of thiazole rings is 1. The van der Waals surface area contributed by atoms with Gasteiger partial charge in [-0.1, -0.05) is 35.1 Å². The Bertz CT molecular complexity index is 749. The van der Waals surface area contributed by atoms with Gasteiger partial charge in [0, 0.05) is 10.7 Å². The average Bonchev–Trinajstić information content (AvgIpc) is 2.75. The maximum absolute atomic E-state index is 5.98. The second kappa shape index (κ2) is 4.83. The van der Waals surface area contributed by atoms with E-state index in [9.17, 15) is 0 Å². The number of hydrogen-bond acceptors (Lipinski definition) is 3. The molecule has 0 spiro atoms. The van der Waals surface area contributed by atoms with E-state index in [2.05, 4.69) is 42.3 Å². The summed E-state index contributed by atoms with van der Waals surface area (Å²) in [6, 6.07) is 12.1. The van der Waals surface area contributed by atoms with Crippen molar-refractivity contribution in [1.82, 2.24) is 4.98 Å². The smallest absolute Gasteiger partial charge is 0.188 e. The van der Waals surface area contributed by atoms with Gasteiger partial charge in [-0.25, -0.2) is 4.98 Å². The molecule has 0 unspecified atom stereocenters. The minimum atomic E-state index is 0.719. The van der Waals surface area contributed by atoms with Crippen molar-refractivity contribution in [2.75, 3.05) is 5.32 Å². The predicted molar refractivity (Wildman–Crippen MR) is 83.8 cm³/mol. The van der Waals surface area contributed by atoms with Crippen LogP contribution >= 0.6 is 22.9 Å². The summed E-state index contributed by atoms with van der Waals surface area (Å²) in [7, 11) is 0. The lowest BCUT2D eigenvalue weighted by Crippen LogP contribution is -1.92. The standard InChI is InChI=1S/C15H13ClN2S/c1-9-3-4-10(2)12(7-9)17-15-18-13-8-11(16)5-6-14(13)19-15/h3-8H,1-2H3,(H,17,18). The number of benzene rings is 2. The topological polar surface area (TPSA) is 24.9 Å². The fraction of sp³-hybridized carbons (Fsp3) is 0.133. The Morgan fingerprint density at radius 2 is 1.95 bits per heavy atom. The molecule has 0 fully saturated rings. The molecule has 0 amide bonds. The van der Waals surface area contributed by atoms with Gasteiger partial charge in [-0.3, -0.25) is 0 Å². The molecule has 3 rings (SSSR count). The lowest BCUT2D eigenvalue weighted by atomic mass is 10.1. The van der Waals surface area contributed by atoms with Gasteiger partial charge in [0.2, 0.25) is 0 Å². The van der Waals surface area contributed by atoms with Crippen LogP contribution in [0.5, 0.6) is 0 Å². The van der Waals surface area contributed by atoms with E-state index in [1.807, 2.05) is 18.2 Å². The van der Waals surface area contributed by atoms with Gasteiger partial charge in [0.05, 0.1) is 10.2 Å². The SMILES string of the molecule is Cc1ccc(C)c(Nc2nc3cc(Cl)ccc3s2)c1. The molecule has 1 aromatic heterocycles. The van der Waals surface area contributed by atoms with Gasteiger partial charge >= 0.3 is 0 Å². The number of fused-ring (bicyclic) bond motifs is 1. The van der Waals surface area contributed by atoms with Crippen LogP contribution in [0.1, 0.15) is 11.1 Å². The molecule has 19 heavy (non-hydrogen) atoms. The Morgan fingerprint density at radius 3 is 2.79 bits per heavy atom. The average molecular weight is 289 g/mol. The van der Waals surface area contributed by atoms with Crippen molar-refractivity contribution in [3.05, 3.63) is 52.5 Å². The minimum Gasteiger partial charge on any atom is -0.331 e. The van der Waals surface area contributed by atoms with E-state index in [1.54, 1.807) is 11.3 Å². The minimum absolute atomic E-state index is 0.719. The van der Waals surface area contributed by atoms with Crippen LogP contribution in [0.15, 0.2) is 36.4 Å². The molecule has 0 radical (unpaired) electrons. The van der Waals surface area contributed by atoms with Crippen molar-refractivity contribution < 1.29 is 0 Å². The monoisotopic (exact) mass is 288 g/mol. The summed E-state index contributed by atoms with van der Waals surface area (Å²) in [5.41, 5.74) is 4.48. The van der Waals surface area contributed by atoms with Crippen molar-refractivity contribution in [1.29, 1.82) is 0 Å². The maximum atomic E-state index is 5.98. The van der Waals surface area contributed by atoms with Crippen LogP contribution in [-0.4, -0.2) is 4.98 Å².